The topological polar surface area (TPSA) is 88.0 Å². The van der Waals surface area contributed by atoms with Crippen molar-refractivity contribution < 1.29 is 4.79 Å². The molecule has 1 aromatic carbocycles. The maximum Gasteiger partial charge on any atom is 0.255 e. The summed E-state index contributed by atoms with van der Waals surface area (Å²) >= 11 is 0. The van der Waals surface area contributed by atoms with Crippen molar-refractivity contribution in [2.75, 3.05) is 11.9 Å². The van der Waals surface area contributed by atoms with Crippen LogP contribution in [0.15, 0.2) is 35.3 Å². The first kappa shape index (κ1) is 12.9. The maximum atomic E-state index is 12.0. The molecule has 1 aliphatic carbocycles. The number of H-pyrrole nitrogens is 1. The summed E-state index contributed by atoms with van der Waals surface area (Å²) in [6.45, 7) is 0.563. The van der Waals surface area contributed by atoms with Crippen LogP contribution in [0.4, 0.5) is 5.69 Å². The van der Waals surface area contributed by atoms with Crippen LogP contribution in [0.25, 0.3) is 10.8 Å². The zero-order valence-electron chi connectivity index (χ0n) is 11.1. The van der Waals surface area contributed by atoms with Crippen LogP contribution in [-0.4, -0.2) is 17.4 Å². The highest BCUT2D eigenvalue weighted by Gasteiger charge is 2.42. The Morgan fingerprint density at radius 3 is 2.85 bits per heavy atom. The quantitative estimate of drug-likeness (QED) is 0.789. The molecule has 0 bridgehead atoms. The average Bonchev–Trinajstić information content (AvgIpc) is 3.19. The fourth-order valence-corrected chi connectivity index (χ4v) is 2.45. The summed E-state index contributed by atoms with van der Waals surface area (Å²) in [5.41, 5.74) is 6.29. The number of carbonyl (C=O) groups is 1. The SMILES string of the molecule is NCC1(CC(=O)Nc2ccc3c(=O)[nH]ccc3c2)CC1. The molecule has 3 rings (SSSR count). The van der Waals surface area contributed by atoms with Gasteiger partial charge in [0.2, 0.25) is 5.91 Å². The number of benzene rings is 1. The van der Waals surface area contributed by atoms with Crippen molar-refractivity contribution in [2.45, 2.75) is 19.3 Å². The number of nitrogens with one attached hydrogen (secondary N) is 2. The summed E-state index contributed by atoms with van der Waals surface area (Å²) in [5, 5.41) is 4.31. The highest BCUT2D eigenvalue weighted by atomic mass is 16.1. The van der Waals surface area contributed by atoms with Crippen LogP contribution in [0.3, 0.4) is 0 Å². The number of pyridine rings is 1. The van der Waals surface area contributed by atoms with Crippen LogP contribution < -0.4 is 16.6 Å². The van der Waals surface area contributed by atoms with E-state index in [2.05, 4.69) is 10.3 Å². The first-order valence-electron chi connectivity index (χ1n) is 6.73. The normalized spacial score (nSPS) is 16.1. The highest BCUT2D eigenvalue weighted by molar-refractivity contribution is 5.94. The van der Waals surface area contributed by atoms with Crippen LogP contribution in [0.5, 0.6) is 0 Å². The molecular formula is C15H17N3O2. The van der Waals surface area contributed by atoms with Gasteiger partial charge in [0.05, 0.1) is 0 Å². The smallest absolute Gasteiger partial charge is 0.255 e. The molecule has 0 spiro atoms. The van der Waals surface area contributed by atoms with E-state index in [0.29, 0.717) is 24.0 Å². The second-order valence-corrected chi connectivity index (χ2v) is 5.54. The van der Waals surface area contributed by atoms with Crippen LogP contribution in [-0.2, 0) is 4.79 Å². The molecule has 1 fully saturated rings. The third-order valence-corrected chi connectivity index (χ3v) is 3.98. The van der Waals surface area contributed by atoms with Crippen molar-refractivity contribution in [1.82, 2.24) is 4.98 Å². The van der Waals surface area contributed by atoms with E-state index < -0.39 is 0 Å². The van der Waals surface area contributed by atoms with Crippen molar-refractivity contribution >= 4 is 22.4 Å². The average molecular weight is 271 g/mol. The van der Waals surface area contributed by atoms with Crippen molar-refractivity contribution in [3.8, 4) is 0 Å². The van der Waals surface area contributed by atoms with E-state index in [9.17, 15) is 9.59 Å². The number of hydrogen-bond acceptors (Lipinski definition) is 3. The zero-order chi connectivity index (χ0) is 14.2. The highest BCUT2D eigenvalue weighted by Crippen LogP contribution is 2.47. The molecule has 1 aliphatic rings. The van der Waals surface area contributed by atoms with Crippen molar-refractivity contribution in [1.29, 1.82) is 0 Å². The number of amides is 1. The predicted octanol–water partition coefficient (Wildman–Crippen LogP) is 1.60. The monoisotopic (exact) mass is 271 g/mol. The van der Waals surface area contributed by atoms with E-state index in [0.717, 1.165) is 18.2 Å². The van der Waals surface area contributed by atoms with E-state index in [1.54, 1.807) is 18.3 Å². The van der Waals surface area contributed by atoms with Gasteiger partial charge in [-0.1, -0.05) is 0 Å². The van der Waals surface area contributed by atoms with Crippen LogP contribution in [0.1, 0.15) is 19.3 Å². The minimum absolute atomic E-state index is 0.0165. The lowest BCUT2D eigenvalue weighted by molar-refractivity contribution is -0.117. The Balaban J connectivity index is 1.78. The van der Waals surface area contributed by atoms with Gasteiger partial charge in [-0.25, -0.2) is 0 Å². The number of hydrogen-bond donors (Lipinski definition) is 3. The molecule has 0 saturated heterocycles. The second-order valence-electron chi connectivity index (χ2n) is 5.54. The molecule has 1 heterocycles. The molecule has 1 amide bonds. The van der Waals surface area contributed by atoms with Crippen LogP contribution in [0, 0.1) is 5.41 Å². The van der Waals surface area contributed by atoms with E-state index in [4.69, 9.17) is 5.73 Å². The van der Waals surface area contributed by atoms with Gasteiger partial charge in [0.1, 0.15) is 0 Å². The number of nitrogens with two attached hydrogens (primary N) is 1. The minimum Gasteiger partial charge on any atom is -0.330 e. The van der Waals surface area contributed by atoms with E-state index in [1.807, 2.05) is 12.1 Å². The Labute approximate surface area is 116 Å². The summed E-state index contributed by atoms with van der Waals surface area (Å²) in [5.74, 6) is -0.0165. The summed E-state index contributed by atoms with van der Waals surface area (Å²) in [4.78, 5) is 26.2. The Morgan fingerprint density at radius 1 is 1.35 bits per heavy atom. The minimum atomic E-state index is -0.125. The Bertz CT molecular complexity index is 716. The second kappa shape index (κ2) is 4.76. The molecule has 4 N–H and O–H groups in total. The fraction of sp³-hybridized carbons (Fsp3) is 0.333. The molecule has 1 aromatic heterocycles. The van der Waals surface area contributed by atoms with Gasteiger partial charge in [-0.15, -0.1) is 0 Å². The fourth-order valence-electron chi connectivity index (χ4n) is 2.45. The summed E-state index contributed by atoms with van der Waals surface area (Å²) < 4.78 is 0. The molecule has 2 aromatic rings. The number of carbonyl (C=O) groups excluding carboxylic acids is 1. The molecule has 0 atom stereocenters. The largest absolute Gasteiger partial charge is 0.330 e. The summed E-state index contributed by atoms with van der Waals surface area (Å²) in [7, 11) is 0. The molecule has 20 heavy (non-hydrogen) atoms. The third kappa shape index (κ3) is 2.44. The Morgan fingerprint density at radius 2 is 2.15 bits per heavy atom. The van der Waals surface area contributed by atoms with Gasteiger partial charge in [-0.3, -0.25) is 9.59 Å². The van der Waals surface area contributed by atoms with Crippen molar-refractivity contribution in [2.24, 2.45) is 11.1 Å². The van der Waals surface area contributed by atoms with Gasteiger partial charge < -0.3 is 16.0 Å². The first-order valence-corrected chi connectivity index (χ1v) is 6.73. The number of aromatic nitrogens is 1. The third-order valence-electron chi connectivity index (χ3n) is 3.98. The molecule has 104 valence electrons. The lowest BCUT2D eigenvalue weighted by Gasteiger charge is -2.12. The summed E-state index contributed by atoms with van der Waals surface area (Å²) in [6, 6.07) is 7.09. The van der Waals surface area contributed by atoms with Crippen molar-refractivity contribution in [3.63, 3.8) is 0 Å². The Kier molecular flexibility index (Phi) is 3.06. The molecule has 0 aliphatic heterocycles. The van der Waals surface area contributed by atoms with E-state index >= 15 is 0 Å². The number of anilines is 1. The van der Waals surface area contributed by atoms with Crippen LogP contribution in [0.2, 0.25) is 0 Å². The Hall–Kier alpha value is -2.14. The number of fused-ring (bicyclic) bond motifs is 1. The van der Waals surface area contributed by atoms with Crippen LogP contribution >= 0.6 is 0 Å². The van der Waals surface area contributed by atoms with Gasteiger partial charge >= 0.3 is 0 Å². The van der Waals surface area contributed by atoms with Crippen molar-refractivity contribution in [3.05, 3.63) is 40.8 Å². The van der Waals surface area contributed by atoms with Gasteiger partial charge in [-0.2, -0.15) is 0 Å². The standard InChI is InChI=1S/C15H17N3O2/c16-9-15(4-5-15)8-13(19)18-11-1-2-12-10(7-11)3-6-17-14(12)20/h1-3,6-7H,4-5,8-9,16H2,(H,17,20)(H,18,19). The summed E-state index contributed by atoms with van der Waals surface area (Å²) in [6.07, 6.45) is 4.13. The predicted molar refractivity (Wildman–Crippen MR) is 78.5 cm³/mol. The molecular weight excluding hydrogens is 254 g/mol. The van der Waals surface area contributed by atoms with E-state index in [-0.39, 0.29) is 16.9 Å². The molecule has 5 nitrogen and oxygen atoms in total. The molecule has 5 heteroatoms. The van der Waals surface area contributed by atoms with Gasteiger partial charge in [0, 0.05) is 23.7 Å². The van der Waals surface area contributed by atoms with Gasteiger partial charge in [0.15, 0.2) is 0 Å². The van der Waals surface area contributed by atoms with E-state index in [1.165, 1.54) is 0 Å². The molecule has 0 unspecified atom stereocenters. The lowest BCUT2D eigenvalue weighted by atomic mass is 10.0. The lowest BCUT2D eigenvalue weighted by Crippen LogP contribution is -2.23. The number of rotatable bonds is 4. The zero-order valence-corrected chi connectivity index (χ0v) is 11.1. The van der Waals surface area contributed by atoms with Gasteiger partial charge in [0.25, 0.3) is 5.56 Å². The molecule has 1 saturated carbocycles. The maximum absolute atomic E-state index is 12.0. The van der Waals surface area contributed by atoms with Gasteiger partial charge in [-0.05, 0) is 54.5 Å². The number of aromatic amines is 1. The first-order chi connectivity index (χ1) is 9.62. The molecule has 0 radical (unpaired) electrons.